The molecule has 0 saturated carbocycles. The molecule has 1 aromatic carbocycles. The summed E-state index contributed by atoms with van der Waals surface area (Å²) in [5, 5.41) is 13.4. The summed E-state index contributed by atoms with van der Waals surface area (Å²) in [7, 11) is 1.75. The van der Waals surface area contributed by atoms with Crippen LogP contribution in [-0.4, -0.2) is 68.1 Å². The van der Waals surface area contributed by atoms with Crippen LogP contribution >= 0.6 is 11.6 Å². The maximum Gasteiger partial charge on any atom is 0.279 e. The molecule has 2 amide bonds. The van der Waals surface area contributed by atoms with Crippen LogP contribution in [0.3, 0.4) is 0 Å². The van der Waals surface area contributed by atoms with Crippen molar-refractivity contribution in [1.82, 2.24) is 4.90 Å². The molecule has 1 fully saturated rings. The Balaban J connectivity index is 1.84. The Morgan fingerprint density at radius 3 is 2.64 bits per heavy atom. The smallest absolute Gasteiger partial charge is 0.279 e. The van der Waals surface area contributed by atoms with Crippen LogP contribution in [0.1, 0.15) is 0 Å². The molecule has 2 rings (SSSR count). The number of nitrogens with one attached hydrogen (secondary N) is 2. The highest BCUT2D eigenvalue weighted by atomic mass is 35.5. The number of carbonyl (C=O) groups excluding carboxylic acids is 2. The molecule has 1 heterocycles. The van der Waals surface area contributed by atoms with E-state index in [1.807, 2.05) is 0 Å². The van der Waals surface area contributed by atoms with Crippen molar-refractivity contribution in [3.63, 3.8) is 0 Å². The van der Waals surface area contributed by atoms with E-state index in [2.05, 4.69) is 5.32 Å². The molecule has 2 N–H and O–H groups in total. The number of nitro groups is 1. The van der Waals surface area contributed by atoms with Crippen molar-refractivity contribution in [2.75, 3.05) is 51.8 Å². The minimum Gasteiger partial charge on any atom is -0.378 e. The van der Waals surface area contributed by atoms with Gasteiger partial charge in [-0.25, -0.2) is 0 Å². The molecule has 0 aliphatic carbocycles. The highest BCUT2D eigenvalue weighted by Gasteiger charge is 2.22. The number of likely N-dealkylation sites (N-methyl/N-ethyl adjacent to an activating group) is 1. The van der Waals surface area contributed by atoms with E-state index in [9.17, 15) is 19.7 Å². The molecule has 10 heteroatoms. The summed E-state index contributed by atoms with van der Waals surface area (Å²) < 4.78 is 5.20. The fraction of sp³-hybridized carbons (Fsp3) is 0.467. The van der Waals surface area contributed by atoms with Gasteiger partial charge in [0.2, 0.25) is 0 Å². The Kier molecular flexibility index (Phi) is 6.68. The molecule has 1 aliphatic rings. The number of anilines is 1. The Hall–Kier alpha value is -2.23. The number of hydrogen-bond acceptors (Lipinski definition) is 5. The Morgan fingerprint density at radius 1 is 1.36 bits per heavy atom. The van der Waals surface area contributed by atoms with Crippen LogP contribution in [0.15, 0.2) is 18.2 Å². The van der Waals surface area contributed by atoms with Crippen LogP contribution in [0.5, 0.6) is 0 Å². The van der Waals surface area contributed by atoms with E-state index in [-0.39, 0.29) is 35.6 Å². The number of morpholine rings is 1. The van der Waals surface area contributed by atoms with E-state index in [0.717, 1.165) is 4.90 Å². The van der Waals surface area contributed by atoms with Crippen LogP contribution in [0, 0.1) is 10.1 Å². The first kappa shape index (κ1) is 19.1. The van der Waals surface area contributed by atoms with E-state index in [0.29, 0.717) is 32.0 Å². The molecule has 9 nitrogen and oxygen atoms in total. The molecule has 0 spiro atoms. The average Bonchev–Trinajstić information content (AvgIpc) is 2.57. The van der Waals surface area contributed by atoms with Crippen molar-refractivity contribution in [3.8, 4) is 0 Å². The van der Waals surface area contributed by atoms with Gasteiger partial charge in [-0.05, 0) is 6.07 Å². The number of halogens is 1. The fourth-order valence-corrected chi connectivity index (χ4v) is 2.65. The Morgan fingerprint density at radius 2 is 2.04 bits per heavy atom. The van der Waals surface area contributed by atoms with Gasteiger partial charge in [0, 0.05) is 25.2 Å². The monoisotopic (exact) mass is 371 g/mol. The van der Waals surface area contributed by atoms with E-state index < -0.39 is 4.92 Å². The molecule has 0 aromatic heterocycles. The molecule has 1 aromatic rings. The van der Waals surface area contributed by atoms with E-state index >= 15 is 0 Å². The third-order valence-electron chi connectivity index (χ3n) is 3.72. The zero-order valence-corrected chi connectivity index (χ0v) is 14.5. The standard InChI is InChI=1S/C15H19ClN4O5/c1-18(10-15(22)19-4-6-25-7-5-19)9-14(21)17-13-3-2-11(20(23)24)8-12(13)16/h2-3,8H,4-7,9-10H2,1H3,(H,17,21)/p+1. The van der Waals surface area contributed by atoms with Crippen LogP contribution in [0.4, 0.5) is 11.4 Å². The molecular formula is C15H20ClN4O5+. The van der Waals surface area contributed by atoms with Crippen molar-refractivity contribution in [2.45, 2.75) is 0 Å². The van der Waals surface area contributed by atoms with Gasteiger partial charge in [0.25, 0.3) is 17.5 Å². The number of nitro benzene ring substituents is 1. The number of carbonyl (C=O) groups is 2. The number of quaternary nitrogens is 1. The SMILES string of the molecule is C[NH+](CC(=O)Nc1ccc([N+](=O)[O-])cc1Cl)CC(=O)N1CCOCC1. The summed E-state index contributed by atoms with van der Waals surface area (Å²) in [5.74, 6) is -0.356. The largest absolute Gasteiger partial charge is 0.378 e. The number of hydrogen-bond donors (Lipinski definition) is 2. The third-order valence-corrected chi connectivity index (χ3v) is 4.03. The molecule has 136 valence electrons. The average molecular weight is 372 g/mol. The van der Waals surface area contributed by atoms with Gasteiger partial charge in [0.1, 0.15) is 0 Å². The van der Waals surface area contributed by atoms with E-state index in [1.165, 1.54) is 18.2 Å². The first-order chi connectivity index (χ1) is 11.9. The summed E-state index contributed by atoms with van der Waals surface area (Å²) in [6, 6.07) is 3.82. The summed E-state index contributed by atoms with van der Waals surface area (Å²) >= 11 is 5.94. The van der Waals surface area contributed by atoms with Gasteiger partial charge >= 0.3 is 0 Å². The van der Waals surface area contributed by atoms with Crippen molar-refractivity contribution in [2.24, 2.45) is 0 Å². The number of non-ortho nitro benzene ring substituents is 1. The Labute approximate surface area is 149 Å². The predicted molar refractivity (Wildman–Crippen MR) is 90.8 cm³/mol. The van der Waals surface area contributed by atoms with Crippen LogP contribution in [-0.2, 0) is 14.3 Å². The topological polar surface area (TPSA) is 106 Å². The number of nitrogens with zero attached hydrogens (tertiary/aromatic N) is 2. The second kappa shape index (κ2) is 8.75. The molecule has 0 radical (unpaired) electrons. The minimum atomic E-state index is -0.563. The molecule has 1 saturated heterocycles. The van der Waals surface area contributed by atoms with Crippen LogP contribution < -0.4 is 10.2 Å². The lowest BCUT2D eigenvalue weighted by atomic mass is 10.3. The van der Waals surface area contributed by atoms with Crippen molar-refractivity contribution >= 4 is 34.8 Å². The Bertz CT molecular complexity index is 663. The zero-order chi connectivity index (χ0) is 18.4. The van der Waals surface area contributed by atoms with Gasteiger partial charge in [0.05, 0.1) is 35.9 Å². The zero-order valence-electron chi connectivity index (χ0n) is 13.8. The second-order valence-electron chi connectivity index (χ2n) is 5.77. The lowest BCUT2D eigenvalue weighted by molar-refractivity contribution is -0.862. The lowest BCUT2D eigenvalue weighted by Crippen LogP contribution is -3.11. The maximum atomic E-state index is 12.1. The minimum absolute atomic E-state index is 0.0260. The van der Waals surface area contributed by atoms with Gasteiger partial charge in [-0.3, -0.25) is 19.7 Å². The normalized spacial score (nSPS) is 15.5. The fourth-order valence-electron chi connectivity index (χ4n) is 2.43. The second-order valence-corrected chi connectivity index (χ2v) is 6.18. The van der Waals surface area contributed by atoms with Gasteiger partial charge in [-0.1, -0.05) is 11.6 Å². The van der Waals surface area contributed by atoms with Crippen LogP contribution in [0.25, 0.3) is 0 Å². The predicted octanol–water partition coefficient (Wildman–Crippen LogP) is -0.440. The molecule has 0 bridgehead atoms. The summed E-state index contributed by atoms with van der Waals surface area (Å²) in [4.78, 5) is 36.8. The summed E-state index contributed by atoms with van der Waals surface area (Å²) in [6.45, 7) is 2.46. The first-order valence-corrected chi connectivity index (χ1v) is 8.15. The van der Waals surface area contributed by atoms with Gasteiger partial charge in [-0.15, -0.1) is 0 Å². The summed E-state index contributed by atoms with van der Waals surface area (Å²) in [6.07, 6.45) is 0. The quantitative estimate of drug-likeness (QED) is 0.521. The highest BCUT2D eigenvalue weighted by molar-refractivity contribution is 6.33. The van der Waals surface area contributed by atoms with E-state index in [4.69, 9.17) is 16.3 Å². The molecule has 25 heavy (non-hydrogen) atoms. The number of benzene rings is 1. The first-order valence-electron chi connectivity index (χ1n) is 7.77. The van der Waals surface area contributed by atoms with Crippen molar-refractivity contribution in [1.29, 1.82) is 0 Å². The van der Waals surface area contributed by atoms with Crippen molar-refractivity contribution in [3.05, 3.63) is 33.3 Å². The van der Waals surface area contributed by atoms with Crippen LogP contribution in [0.2, 0.25) is 5.02 Å². The third kappa shape index (κ3) is 5.66. The molecule has 1 aliphatic heterocycles. The number of ether oxygens (including phenoxy) is 1. The van der Waals surface area contributed by atoms with Gasteiger partial charge in [0.15, 0.2) is 13.1 Å². The lowest BCUT2D eigenvalue weighted by Gasteiger charge is -2.27. The maximum absolute atomic E-state index is 12.1. The molecule has 1 atom stereocenters. The van der Waals surface area contributed by atoms with Gasteiger partial charge in [-0.2, -0.15) is 0 Å². The van der Waals surface area contributed by atoms with Crippen molar-refractivity contribution < 1.29 is 24.1 Å². The van der Waals surface area contributed by atoms with Gasteiger partial charge < -0.3 is 19.9 Å². The number of amides is 2. The highest BCUT2D eigenvalue weighted by Crippen LogP contribution is 2.26. The van der Waals surface area contributed by atoms with E-state index in [1.54, 1.807) is 11.9 Å². The summed E-state index contributed by atoms with van der Waals surface area (Å²) in [5.41, 5.74) is 0.145. The number of rotatable bonds is 6. The molecular weight excluding hydrogens is 352 g/mol. The molecule has 1 unspecified atom stereocenters.